The first-order chi connectivity index (χ1) is 14.5. The van der Waals surface area contributed by atoms with Crippen LogP contribution in [0.5, 0.6) is 0 Å². The first-order valence-corrected chi connectivity index (χ1v) is 13.6. The highest BCUT2D eigenvalue weighted by Gasteiger charge is 2.51. The van der Waals surface area contributed by atoms with Crippen LogP contribution in [0.2, 0.25) is 5.02 Å². The Labute approximate surface area is 189 Å². The second-order valence-electron chi connectivity index (χ2n) is 9.65. The summed E-state index contributed by atoms with van der Waals surface area (Å²) in [6.07, 6.45) is 9.53. The van der Waals surface area contributed by atoms with Gasteiger partial charge in [-0.3, -0.25) is 9.89 Å². The molecule has 2 aromatic rings. The number of halogens is 1. The Kier molecular flexibility index (Phi) is 5.29. The highest BCUT2D eigenvalue weighted by molar-refractivity contribution is 8.33. The molecule has 3 amide bonds. The average molecular weight is 464 g/mol. The molecule has 0 bridgehead atoms. The molecule has 1 aliphatic heterocycles. The number of H-pyrrole nitrogens is 1. The van der Waals surface area contributed by atoms with Crippen molar-refractivity contribution >= 4 is 45.1 Å². The number of carbonyl (C=O) groups is 2. The number of nitrogens with zero attached hydrogens (tertiary/aromatic N) is 2. The molecule has 2 heterocycles. The van der Waals surface area contributed by atoms with Gasteiger partial charge >= 0.3 is 6.03 Å². The van der Waals surface area contributed by atoms with Crippen LogP contribution in [0.4, 0.5) is 16.3 Å². The second kappa shape index (κ2) is 7.45. The molecule has 3 N–H and O–H groups in total. The molecule has 1 aromatic carbocycles. The number of fused-ring (bicyclic) bond motifs is 1. The zero-order valence-corrected chi connectivity index (χ0v) is 20.2. The van der Waals surface area contributed by atoms with E-state index in [1.165, 1.54) is 0 Å². The minimum Gasteiger partial charge on any atom is -0.309 e. The van der Waals surface area contributed by atoms with Gasteiger partial charge in [-0.1, -0.05) is 17.7 Å². The summed E-state index contributed by atoms with van der Waals surface area (Å²) in [5.74, 6) is 0.580. The molecule has 1 aliphatic carbocycles. The fraction of sp³-hybridized carbons (Fsp3) is 0.500. The Morgan fingerprint density at radius 3 is 2.48 bits per heavy atom. The van der Waals surface area contributed by atoms with Crippen molar-refractivity contribution in [2.75, 3.05) is 29.4 Å². The Morgan fingerprint density at radius 1 is 1.19 bits per heavy atom. The predicted octanol–water partition coefficient (Wildman–Crippen LogP) is 4.90. The number of benzene rings is 1. The third kappa shape index (κ3) is 3.59. The van der Waals surface area contributed by atoms with Crippen molar-refractivity contribution in [3.8, 4) is 0 Å². The average Bonchev–Trinajstić information content (AvgIpc) is 3.11. The topological polar surface area (TPSA) is 90.1 Å². The van der Waals surface area contributed by atoms with E-state index in [-0.39, 0.29) is 16.7 Å². The van der Waals surface area contributed by atoms with Crippen LogP contribution in [-0.2, 0) is 16.9 Å². The van der Waals surface area contributed by atoms with Gasteiger partial charge in [0, 0.05) is 16.3 Å². The van der Waals surface area contributed by atoms with Crippen molar-refractivity contribution in [2.45, 2.75) is 49.9 Å². The largest absolute Gasteiger partial charge is 0.322 e. The van der Waals surface area contributed by atoms with Crippen molar-refractivity contribution in [1.29, 1.82) is 0 Å². The molecule has 0 saturated heterocycles. The van der Waals surface area contributed by atoms with Crippen molar-refractivity contribution in [1.82, 2.24) is 15.1 Å². The molecule has 1 aromatic heterocycles. The summed E-state index contributed by atoms with van der Waals surface area (Å²) in [4.78, 5) is 28.0. The SMILES string of the molecule is CC1(C)c2[nH]nc(NC(=O)C3(S(C)(C)C)CCC3)c2CN1C(=O)Nc1cccc(Cl)c1. The van der Waals surface area contributed by atoms with Crippen LogP contribution in [0.25, 0.3) is 0 Å². The highest BCUT2D eigenvalue weighted by Crippen LogP contribution is 2.60. The van der Waals surface area contributed by atoms with E-state index >= 15 is 0 Å². The summed E-state index contributed by atoms with van der Waals surface area (Å²) in [5, 5.41) is 14.0. The highest BCUT2D eigenvalue weighted by atomic mass is 35.5. The number of carbonyl (C=O) groups excluding carboxylic acids is 2. The summed E-state index contributed by atoms with van der Waals surface area (Å²) < 4.78 is -0.295. The van der Waals surface area contributed by atoms with Crippen LogP contribution >= 0.6 is 21.6 Å². The molecule has 0 atom stereocenters. The number of anilines is 2. The predicted molar refractivity (Wildman–Crippen MR) is 128 cm³/mol. The van der Waals surface area contributed by atoms with E-state index in [9.17, 15) is 9.59 Å². The van der Waals surface area contributed by atoms with Crippen molar-refractivity contribution < 1.29 is 9.59 Å². The van der Waals surface area contributed by atoms with Gasteiger partial charge in [0.2, 0.25) is 5.91 Å². The summed E-state index contributed by atoms with van der Waals surface area (Å²) in [7, 11) is -1.06. The number of aromatic nitrogens is 2. The lowest BCUT2D eigenvalue weighted by molar-refractivity contribution is -0.120. The van der Waals surface area contributed by atoms with Gasteiger partial charge in [-0.05, 0) is 70.1 Å². The van der Waals surface area contributed by atoms with Gasteiger partial charge in [0.25, 0.3) is 0 Å². The summed E-state index contributed by atoms with van der Waals surface area (Å²) >= 11 is 6.04. The fourth-order valence-corrected chi connectivity index (χ4v) is 6.85. The van der Waals surface area contributed by atoms with E-state index in [0.29, 0.717) is 23.1 Å². The number of hydrogen-bond donors (Lipinski definition) is 3. The first-order valence-electron chi connectivity index (χ1n) is 10.4. The van der Waals surface area contributed by atoms with Gasteiger partial charge in [-0.15, -0.1) is 0 Å². The molecule has 0 spiro atoms. The van der Waals surface area contributed by atoms with Crippen LogP contribution in [0.3, 0.4) is 0 Å². The number of hydrogen-bond acceptors (Lipinski definition) is 3. The van der Waals surface area contributed by atoms with Gasteiger partial charge in [0.15, 0.2) is 5.82 Å². The van der Waals surface area contributed by atoms with Crippen molar-refractivity contribution in [2.24, 2.45) is 0 Å². The fourth-order valence-electron chi connectivity index (χ4n) is 4.54. The molecule has 1 fully saturated rings. The second-order valence-corrected chi connectivity index (χ2v) is 14.5. The van der Waals surface area contributed by atoms with Crippen LogP contribution in [0.15, 0.2) is 24.3 Å². The van der Waals surface area contributed by atoms with E-state index in [4.69, 9.17) is 11.6 Å². The number of urea groups is 1. The zero-order chi connectivity index (χ0) is 22.6. The number of amides is 3. The third-order valence-electron chi connectivity index (χ3n) is 6.77. The quantitative estimate of drug-likeness (QED) is 0.602. The van der Waals surface area contributed by atoms with E-state index < -0.39 is 15.6 Å². The Morgan fingerprint density at radius 2 is 1.90 bits per heavy atom. The monoisotopic (exact) mass is 463 g/mol. The van der Waals surface area contributed by atoms with Crippen molar-refractivity contribution in [3.05, 3.63) is 40.5 Å². The van der Waals surface area contributed by atoms with Crippen LogP contribution in [0, 0.1) is 0 Å². The molecule has 168 valence electrons. The lowest BCUT2D eigenvalue weighted by Crippen LogP contribution is -2.51. The molecule has 4 rings (SSSR count). The molecular weight excluding hydrogens is 434 g/mol. The summed E-state index contributed by atoms with van der Waals surface area (Å²) in [6.45, 7) is 4.29. The molecular formula is C22H30ClN5O2S. The minimum absolute atomic E-state index is 0.0511. The van der Waals surface area contributed by atoms with Gasteiger partial charge in [-0.2, -0.15) is 5.10 Å². The number of aromatic amines is 1. The van der Waals surface area contributed by atoms with Crippen LogP contribution < -0.4 is 10.6 Å². The maximum absolute atomic E-state index is 13.3. The molecule has 31 heavy (non-hydrogen) atoms. The molecule has 7 nitrogen and oxygen atoms in total. The Bertz CT molecular complexity index is 1040. The molecule has 0 radical (unpaired) electrons. The van der Waals surface area contributed by atoms with Crippen LogP contribution in [-0.4, -0.2) is 50.5 Å². The summed E-state index contributed by atoms with van der Waals surface area (Å²) in [5.41, 5.74) is 1.74. The zero-order valence-electron chi connectivity index (χ0n) is 18.6. The van der Waals surface area contributed by atoms with Gasteiger partial charge in [0.05, 0.1) is 22.5 Å². The normalized spacial score (nSPS) is 19.4. The van der Waals surface area contributed by atoms with Gasteiger partial charge in [-0.25, -0.2) is 14.8 Å². The van der Waals surface area contributed by atoms with E-state index in [1.807, 2.05) is 13.8 Å². The Hall–Kier alpha value is -2.19. The summed E-state index contributed by atoms with van der Waals surface area (Å²) in [6, 6.07) is 6.83. The smallest absolute Gasteiger partial charge is 0.309 e. The minimum atomic E-state index is -1.06. The Balaban J connectivity index is 1.54. The van der Waals surface area contributed by atoms with E-state index in [1.54, 1.807) is 29.2 Å². The number of rotatable bonds is 4. The lowest BCUT2D eigenvalue weighted by atomic mass is 9.83. The molecule has 1 saturated carbocycles. The van der Waals surface area contributed by atoms with E-state index in [0.717, 1.165) is 30.5 Å². The first kappa shape index (κ1) is 22.0. The van der Waals surface area contributed by atoms with Crippen LogP contribution in [0.1, 0.15) is 44.4 Å². The van der Waals surface area contributed by atoms with Crippen molar-refractivity contribution in [3.63, 3.8) is 0 Å². The third-order valence-corrected chi connectivity index (χ3v) is 9.94. The molecule has 2 aliphatic rings. The lowest BCUT2D eigenvalue weighted by Gasteiger charge is -2.53. The maximum atomic E-state index is 13.3. The van der Waals surface area contributed by atoms with Gasteiger partial charge < -0.3 is 15.5 Å². The van der Waals surface area contributed by atoms with E-state index in [2.05, 4.69) is 39.6 Å². The maximum Gasteiger partial charge on any atom is 0.322 e. The molecule has 0 unspecified atom stereocenters. The van der Waals surface area contributed by atoms with Gasteiger partial charge in [0.1, 0.15) is 0 Å². The standard InChI is InChI=1S/C22H30ClN5O2S/c1-21(2)17-16(13-28(21)20(30)24-15-9-6-8-14(23)12-15)18(27-26-17)25-19(29)22(10-7-11-22)31(3,4)5/h6,8-9,12H,7,10-11,13H2,1-5H3,(H,24,30)(H2,25,26,27,29). The number of nitrogens with one attached hydrogen (secondary N) is 3. The molecule has 9 heteroatoms.